The monoisotopic (exact) mass is 113 g/mol. The van der Waals surface area contributed by atoms with Crippen molar-refractivity contribution in [2.24, 2.45) is 0 Å². The van der Waals surface area contributed by atoms with E-state index in [1.807, 2.05) is 0 Å². The zero-order valence-corrected chi connectivity index (χ0v) is 5.39. The highest BCUT2D eigenvalue weighted by atomic mass is 16.5. The van der Waals surface area contributed by atoms with Crippen molar-refractivity contribution in [3.63, 3.8) is 0 Å². The maximum Gasteiger partial charge on any atom is 0.0578 e. The van der Waals surface area contributed by atoms with E-state index in [1.54, 1.807) is 0 Å². The molecule has 1 heterocycles. The van der Waals surface area contributed by atoms with E-state index in [2.05, 4.69) is 13.3 Å². The third-order valence-electron chi connectivity index (χ3n) is 1.52. The van der Waals surface area contributed by atoms with E-state index in [9.17, 15) is 0 Å². The highest BCUT2D eigenvalue weighted by Crippen LogP contribution is 2.15. The van der Waals surface area contributed by atoms with Crippen molar-refractivity contribution in [1.82, 2.24) is 0 Å². The van der Waals surface area contributed by atoms with Gasteiger partial charge in [-0.3, -0.25) is 0 Å². The SMILES string of the molecule is C[CH]CC1CCCO1. The molecule has 1 fully saturated rings. The molecule has 8 heavy (non-hydrogen) atoms. The lowest BCUT2D eigenvalue weighted by Crippen LogP contribution is -2.02. The van der Waals surface area contributed by atoms with Crippen molar-refractivity contribution < 1.29 is 4.74 Å². The Morgan fingerprint density at radius 2 is 2.62 bits per heavy atom. The van der Waals surface area contributed by atoms with Crippen LogP contribution in [-0.2, 0) is 4.74 Å². The van der Waals surface area contributed by atoms with Gasteiger partial charge in [0.15, 0.2) is 0 Å². The zero-order chi connectivity index (χ0) is 5.82. The largest absolute Gasteiger partial charge is 0.378 e. The van der Waals surface area contributed by atoms with Gasteiger partial charge in [0.1, 0.15) is 0 Å². The molecule has 0 aromatic carbocycles. The van der Waals surface area contributed by atoms with E-state index in [0.717, 1.165) is 13.0 Å². The summed E-state index contributed by atoms with van der Waals surface area (Å²) >= 11 is 0. The molecule has 1 rings (SSSR count). The fourth-order valence-electron chi connectivity index (χ4n) is 1.09. The molecule has 47 valence electrons. The van der Waals surface area contributed by atoms with Crippen LogP contribution in [-0.4, -0.2) is 12.7 Å². The summed E-state index contributed by atoms with van der Waals surface area (Å²) in [5.74, 6) is 0. The second-order valence-corrected chi connectivity index (χ2v) is 2.28. The Morgan fingerprint density at radius 1 is 1.75 bits per heavy atom. The summed E-state index contributed by atoms with van der Waals surface area (Å²) in [6, 6.07) is 0. The van der Waals surface area contributed by atoms with Crippen molar-refractivity contribution in [1.29, 1.82) is 0 Å². The van der Waals surface area contributed by atoms with Crippen molar-refractivity contribution >= 4 is 0 Å². The Morgan fingerprint density at radius 3 is 3.12 bits per heavy atom. The average Bonchev–Trinajstić information content (AvgIpc) is 2.19. The molecule has 1 unspecified atom stereocenters. The summed E-state index contributed by atoms with van der Waals surface area (Å²) in [5.41, 5.74) is 0. The van der Waals surface area contributed by atoms with Gasteiger partial charge in [0.2, 0.25) is 0 Å². The molecule has 1 nitrogen and oxygen atoms in total. The van der Waals surface area contributed by atoms with Crippen LogP contribution >= 0.6 is 0 Å². The van der Waals surface area contributed by atoms with Crippen LogP contribution in [0.2, 0.25) is 0 Å². The Hall–Kier alpha value is -0.0400. The van der Waals surface area contributed by atoms with Gasteiger partial charge in [0.05, 0.1) is 6.10 Å². The van der Waals surface area contributed by atoms with E-state index >= 15 is 0 Å². The molecule has 1 aliphatic heterocycles. The highest BCUT2D eigenvalue weighted by Gasteiger charge is 2.12. The zero-order valence-electron chi connectivity index (χ0n) is 5.39. The maximum absolute atomic E-state index is 5.36. The van der Waals surface area contributed by atoms with Gasteiger partial charge in [-0.25, -0.2) is 0 Å². The fraction of sp³-hybridized carbons (Fsp3) is 0.857. The summed E-state index contributed by atoms with van der Waals surface area (Å²) in [7, 11) is 0. The minimum absolute atomic E-state index is 0.556. The first-order chi connectivity index (χ1) is 3.93. The van der Waals surface area contributed by atoms with Gasteiger partial charge >= 0.3 is 0 Å². The molecule has 1 heteroatoms. The van der Waals surface area contributed by atoms with Crippen LogP contribution in [0.3, 0.4) is 0 Å². The molecule has 0 aromatic rings. The lowest BCUT2D eigenvalue weighted by molar-refractivity contribution is 0.111. The lowest BCUT2D eigenvalue weighted by atomic mass is 10.1. The molecule has 0 aromatic heterocycles. The normalized spacial score (nSPS) is 28.9. The quantitative estimate of drug-likeness (QED) is 0.530. The van der Waals surface area contributed by atoms with Crippen LogP contribution < -0.4 is 0 Å². The van der Waals surface area contributed by atoms with Crippen molar-refractivity contribution in [2.75, 3.05) is 6.61 Å². The molecule has 1 saturated heterocycles. The van der Waals surface area contributed by atoms with E-state index in [1.165, 1.54) is 12.8 Å². The van der Waals surface area contributed by atoms with E-state index < -0.39 is 0 Å². The third-order valence-corrected chi connectivity index (χ3v) is 1.52. The van der Waals surface area contributed by atoms with Gasteiger partial charge in [0.25, 0.3) is 0 Å². The predicted molar refractivity (Wildman–Crippen MR) is 33.6 cm³/mol. The highest BCUT2D eigenvalue weighted by molar-refractivity contribution is 4.70. The Balaban J connectivity index is 2.06. The lowest BCUT2D eigenvalue weighted by Gasteiger charge is -2.04. The van der Waals surface area contributed by atoms with E-state index in [0.29, 0.717) is 6.10 Å². The predicted octanol–water partition coefficient (Wildman–Crippen LogP) is 1.78. The van der Waals surface area contributed by atoms with Gasteiger partial charge in [-0.05, 0) is 25.7 Å². The van der Waals surface area contributed by atoms with Gasteiger partial charge in [-0.2, -0.15) is 0 Å². The topological polar surface area (TPSA) is 9.23 Å². The smallest absolute Gasteiger partial charge is 0.0578 e. The van der Waals surface area contributed by atoms with Gasteiger partial charge < -0.3 is 4.74 Å². The number of ether oxygens (including phenoxy) is 1. The van der Waals surface area contributed by atoms with Crippen LogP contribution in [0, 0.1) is 6.42 Å². The first-order valence-corrected chi connectivity index (χ1v) is 3.33. The molecule has 1 aliphatic rings. The molecule has 0 saturated carbocycles. The van der Waals surface area contributed by atoms with Gasteiger partial charge in [-0.1, -0.05) is 6.92 Å². The summed E-state index contributed by atoms with van der Waals surface area (Å²) < 4.78 is 5.36. The second-order valence-electron chi connectivity index (χ2n) is 2.28. The summed E-state index contributed by atoms with van der Waals surface area (Å²) in [6.07, 6.45) is 6.40. The molecule has 1 atom stereocenters. The molecule has 0 amide bonds. The maximum atomic E-state index is 5.36. The summed E-state index contributed by atoms with van der Waals surface area (Å²) in [5, 5.41) is 0. The molecule has 0 aliphatic carbocycles. The summed E-state index contributed by atoms with van der Waals surface area (Å²) in [4.78, 5) is 0. The number of hydrogen-bond acceptors (Lipinski definition) is 1. The second kappa shape index (κ2) is 3.08. The van der Waals surface area contributed by atoms with Crippen molar-refractivity contribution in [2.45, 2.75) is 32.3 Å². The van der Waals surface area contributed by atoms with Crippen molar-refractivity contribution in [3.8, 4) is 0 Å². The van der Waals surface area contributed by atoms with Gasteiger partial charge in [0, 0.05) is 6.61 Å². The number of hydrogen-bond donors (Lipinski definition) is 0. The first kappa shape index (κ1) is 6.09. The molecule has 0 spiro atoms. The fourth-order valence-corrected chi connectivity index (χ4v) is 1.09. The van der Waals surface area contributed by atoms with Crippen LogP contribution in [0.4, 0.5) is 0 Å². The molecular weight excluding hydrogens is 100 g/mol. The standard InChI is InChI=1S/C7H13O/c1-2-4-7-5-3-6-8-7/h2,7H,3-6H2,1H3. The first-order valence-electron chi connectivity index (χ1n) is 3.33. The molecular formula is C7H13O. The van der Waals surface area contributed by atoms with Crippen LogP contribution in [0.1, 0.15) is 26.2 Å². The Kier molecular flexibility index (Phi) is 2.34. The minimum Gasteiger partial charge on any atom is -0.378 e. The molecule has 0 N–H and O–H groups in total. The van der Waals surface area contributed by atoms with E-state index in [-0.39, 0.29) is 0 Å². The van der Waals surface area contributed by atoms with Crippen molar-refractivity contribution in [3.05, 3.63) is 6.42 Å². The number of rotatable bonds is 2. The third kappa shape index (κ3) is 1.48. The van der Waals surface area contributed by atoms with Gasteiger partial charge in [-0.15, -0.1) is 0 Å². The Labute approximate surface area is 51.0 Å². The van der Waals surface area contributed by atoms with E-state index in [4.69, 9.17) is 4.74 Å². The Bertz CT molecular complexity index is 55.4. The molecule has 1 radical (unpaired) electrons. The summed E-state index contributed by atoms with van der Waals surface area (Å²) in [6.45, 7) is 3.07. The molecule has 0 bridgehead atoms. The van der Waals surface area contributed by atoms with Crippen LogP contribution in [0.15, 0.2) is 0 Å². The average molecular weight is 113 g/mol. The minimum atomic E-state index is 0.556. The van der Waals surface area contributed by atoms with Crippen LogP contribution in [0.5, 0.6) is 0 Å². The van der Waals surface area contributed by atoms with Crippen LogP contribution in [0.25, 0.3) is 0 Å².